The third-order valence-corrected chi connectivity index (χ3v) is 1.96. The van der Waals surface area contributed by atoms with Gasteiger partial charge in [-0.15, -0.1) is 0 Å². The molecule has 0 aromatic carbocycles. The van der Waals surface area contributed by atoms with Crippen LogP contribution in [0, 0.1) is 5.92 Å². The van der Waals surface area contributed by atoms with Gasteiger partial charge < -0.3 is 10.4 Å². The van der Waals surface area contributed by atoms with Crippen molar-refractivity contribution in [2.45, 2.75) is 25.8 Å². The van der Waals surface area contributed by atoms with Crippen LogP contribution < -0.4 is 5.32 Å². The standard InChI is InChI=1S/C7H13NO2/c1-5-2-3-8-6(4-5)7(9)10/h5-6,8H,2-4H2,1H3,(H,9,10)/t5-,6+/m0/s1. The van der Waals surface area contributed by atoms with Crippen molar-refractivity contribution in [3.63, 3.8) is 0 Å². The molecule has 58 valence electrons. The van der Waals surface area contributed by atoms with Crippen LogP contribution in [0.3, 0.4) is 0 Å². The number of hydrogen-bond acceptors (Lipinski definition) is 2. The molecule has 0 aromatic heterocycles. The van der Waals surface area contributed by atoms with Gasteiger partial charge in [-0.2, -0.15) is 0 Å². The van der Waals surface area contributed by atoms with Gasteiger partial charge in [-0.3, -0.25) is 4.79 Å². The van der Waals surface area contributed by atoms with Crippen molar-refractivity contribution < 1.29 is 9.90 Å². The number of hydrogen-bond donors (Lipinski definition) is 2. The Morgan fingerprint density at radius 1 is 1.70 bits per heavy atom. The average molecular weight is 143 g/mol. The summed E-state index contributed by atoms with van der Waals surface area (Å²) in [5.74, 6) is -0.158. The van der Waals surface area contributed by atoms with Crippen LogP contribution in [0.5, 0.6) is 0 Å². The molecule has 1 saturated heterocycles. The maximum atomic E-state index is 10.4. The van der Waals surface area contributed by atoms with Crippen molar-refractivity contribution in [3.8, 4) is 0 Å². The summed E-state index contributed by atoms with van der Waals surface area (Å²) in [6, 6.07) is -0.302. The highest BCUT2D eigenvalue weighted by Crippen LogP contribution is 2.14. The smallest absolute Gasteiger partial charge is 0.320 e. The number of rotatable bonds is 1. The fourth-order valence-electron chi connectivity index (χ4n) is 1.30. The first-order valence-corrected chi connectivity index (χ1v) is 3.66. The van der Waals surface area contributed by atoms with E-state index in [1.54, 1.807) is 0 Å². The zero-order chi connectivity index (χ0) is 7.56. The molecule has 1 heterocycles. The largest absolute Gasteiger partial charge is 0.480 e. The Kier molecular flexibility index (Phi) is 2.27. The Morgan fingerprint density at radius 2 is 2.40 bits per heavy atom. The van der Waals surface area contributed by atoms with Crippen LogP contribution in [-0.4, -0.2) is 23.7 Å². The third-order valence-electron chi connectivity index (χ3n) is 1.96. The predicted octanol–water partition coefficient (Wildman–Crippen LogP) is 0.459. The van der Waals surface area contributed by atoms with Gasteiger partial charge in [-0.05, 0) is 25.3 Å². The number of nitrogens with one attached hydrogen (secondary N) is 1. The normalized spacial score (nSPS) is 33.7. The molecule has 1 rings (SSSR count). The van der Waals surface area contributed by atoms with Crippen molar-refractivity contribution in [3.05, 3.63) is 0 Å². The molecule has 0 aromatic rings. The van der Waals surface area contributed by atoms with E-state index in [9.17, 15) is 4.79 Å². The van der Waals surface area contributed by atoms with Gasteiger partial charge in [0.15, 0.2) is 0 Å². The number of aliphatic carboxylic acids is 1. The van der Waals surface area contributed by atoms with E-state index < -0.39 is 5.97 Å². The highest BCUT2D eigenvalue weighted by Gasteiger charge is 2.23. The van der Waals surface area contributed by atoms with Crippen molar-refractivity contribution in [1.82, 2.24) is 5.32 Å². The molecule has 1 aliphatic rings. The molecule has 0 unspecified atom stereocenters. The van der Waals surface area contributed by atoms with Crippen LogP contribution in [0.25, 0.3) is 0 Å². The van der Waals surface area contributed by atoms with Gasteiger partial charge >= 0.3 is 5.97 Å². The van der Waals surface area contributed by atoms with E-state index in [1.807, 2.05) is 0 Å². The van der Waals surface area contributed by atoms with E-state index in [0.29, 0.717) is 5.92 Å². The summed E-state index contributed by atoms with van der Waals surface area (Å²) in [6.07, 6.45) is 1.87. The molecular weight excluding hydrogens is 130 g/mol. The summed E-state index contributed by atoms with van der Waals surface area (Å²) in [5.41, 5.74) is 0. The SMILES string of the molecule is C[C@H]1CCN[C@@H](C(=O)O)C1. The van der Waals surface area contributed by atoms with Crippen LogP contribution in [0.4, 0.5) is 0 Å². The second-order valence-corrected chi connectivity index (χ2v) is 2.97. The molecular formula is C7H13NO2. The van der Waals surface area contributed by atoms with Gasteiger partial charge in [-0.25, -0.2) is 0 Å². The van der Waals surface area contributed by atoms with Crippen molar-refractivity contribution in [2.24, 2.45) is 5.92 Å². The van der Waals surface area contributed by atoms with Crippen molar-refractivity contribution >= 4 is 5.97 Å². The zero-order valence-corrected chi connectivity index (χ0v) is 6.13. The van der Waals surface area contributed by atoms with E-state index in [4.69, 9.17) is 5.11 Å². The Labute approximate surface area is 60.4 Å². The highest BCUT2D eigenvalue weighted by atomic mass is 16.4. The lowest BCUT2D eigenvalue weighted by atomic mass is 9.94. The van der Waals surface area contributed by atoms with Crippen LogP contribution in [-0.2, 0) is 4.79 Å². The summed E-state index contributed by atoms with van der Waals surface area (Å²) >= 11 is 0. The molecule has 0 amide bonds. The van der Waals surface area contributed by atoms with E-state index in [-0.39, 0.29) is 6.04 Å². The predicted molar refractivity (Wildman–Crippen MR) is 37.8 cm³/mol. The van der Waals surface area contributed by atoms with Crippen LogP contribution in [0.15, 0.2) is 0 Å². The van der Waals surface area contributed by atoms with E-state index in [0.717, 1.165) is 19.4 Å². The maximum Gasteiger partial charge on any atom is 0.320 e. The summed E-state index contributed by atoms with van der Waals surface area (Å²) in [5, 5.41) is 11.5. The van der Waals surface area contributed by atoms with Gasteiger partial charge in [-0.1, -0.05) is 6.92 Å². The minimum Gasteiger partial charge on any atom is -0.480 e. The lowest BCUT2D eigenvalue weighted by Gasteiger charge is -2.24. The molecule has 1 fully saturated rings. The Balaban J connectivity index is 2.39. The molecule has 0 radical (unpaired) electrons. The second kappa shape index (κ2) is 3.01. The minimum absolute atomic E-state index is 0.302. The summed E-state index contributed by atoms with van der Waals surface area (Å²) in [7, 11) is 0. The van der Waals surface area contributed by atoms with Gasteiger partial charge in [0.05, 0.1) is 0 Å². The zero-order valence-electron chi connectivity index (χ0n) is 6.13. The van der Waals surface area contributed by atoms with Crippen molar-refractivity contribution in [2.75, 3.05) is 6.54 Å². The molecule has 3 heteroatoms. The fourth-order valence-corrected chi connectivity index (χ4v) is 1.30. The maximum absolute atomic E-state index is 10.4. The van der Waals surface area contributed by atoms with E-state index in [1.165, 1.54) is 0 Å². The summed E-state index contributed by atoms with van der Waals surface area (Å²) < 4.78 is 0. The molecule has 1 aliphatic heterocycles. The van der Waals surface area contributed by atoms with Gasteiger partial charge in [0.1, 0.15) is 6.04 Å². The first kappa shape index (κ1) is 7.54. The molecule has 0 saturated carbocycles. The number of carboxylic acid groups (broad SMARTS) is 1. The minimum atomic E-state index is -0.716. The number of carboxylic acids is 1. The van der Waals surface area contributed by atoms with Crippen LogP contribution in [0.2, 0.25) is 0 Å². The molecule has 2 N–H and O–H groups in total. The van der Waals surface area contributed by atoms with Crippen LogP contribution in [0.1, 0.15) is 19.8 Å². The molecule has 10 heavy (non-hydrogen) atoms. The molecule has 2 atom stereocenters. The second-order valence-electron chi connectivity index (χ2n) is 2.97. The molecule has 0 bridgehead atoms. The lowest BCUT2D eigenvalue weighted by molar-refractivity contribution is -0.140. The average Bonchev–Trinajstić information content (AvgIpc) is 1.88. The molecule has 0 aliphatic carbocycles. The lowest BCUT2D eigenvalue weighted by Crippen LogP contribution is -2.42. The van der Waals surface area contributed by atoms with Crippen molar-refractivity contribution in [1.29, 1.82) is 0 Å². The highest BCUT2D eigenvalue weighted by molar-refractivity contribution is 5.73. The van der Waals surface area contributed by atoms with Crippen LogP contribution >= 0.6 is 0 Å². The van der Waals surface area contributed by atoms with Gasteiger partial charge in [0.2, 0.25) is 0 Å². The fraction of sp³-hybridized carbons (Fsp3) is 0.857. The Morgan fingerprint density at radius 3 is 2.80 bits per heavy atom. The number of carbonyl (C=O) groups is 1. The number of piperidine rings is 1. The molecule has 3 nitrogen and oxygen atoms in total. The summed E-state index contributed by atoms with van der Waals surface area (Å²) in [4.78, 5) is 10.4. The van der Waals surface area contributed by atoms with E-state index >= 15 is 0 Å². The van der Waals surface area contributed by atoms with E-state index in [2.05, 4.69) is 12.2 Å². The van der Waals surface area contributed by atoms with Gasteiger partial charge in [0, 0.05) is 0 Å². The molecule has 0 spiro atoms. The third kappa shape index (κ3) is 1.70. The van der Waals surface area contributed by atoms with Gasteiger partial charge in [0.25, 0.3) is 0 Å². The summed E-state index contributed by atoms with van der Waals surface area (Å²) in [6.45, 7) is 2.94. The first-order chi connectivity index (χ1) is 4.70. The first-order valence-electron chi connectivity index (χ1n) is 3.66. The Hall–Kier alpha value is -0.570. The quantitative estimate of drug-likeness (QED) is 0.560. The topological polar surface area (TPSA) is 49.3 Å². The monoisotopic (exact) mass is 143 g/mol. The Bertz CT molecular complexity index is 136.